The number of benzene rings is 1. The molecule has 1 aromatic heterocycles. The summed E-state index contributed by atoms with van der Waals surface area (Å²) in [5.41, 5.74) is 0.850. The van der Waals surface area contributed by atoms with Gasteiger partial charge in [-0.2, -0.15) is 0 Å². The van der Waals surface area contributed by atoms with Crippen molar-refractivity contribution < 1.29 is 14.2 Å². The Bertz CT molecular complexity index is 473. The molecule has 94 valence electrons. The summed E-state index contributed by atoms with van der Waals surface area (Å²) in [4.78, 5) is 3.94. The minimum atomic E-state index is -0.288. The van der Waals surface area contributed by atoms with Crippen LogP contribution >= 0.6 is 0 Å². The van der Waals surface area contributed by atoms with E-state index in [4.69, 9.17) is 4.74 Å². The van der Waals surface area contributed by atoms with Crippen LogP contribution in [0.4, 0.5) is 4.39 Å². The van der Waals surface area contributed by atoms with Crippen LogP contribution in [-0.4, -0.2) is 23.3 Å². The Morgan fingerprint density at radius 1 is 1.22 bits per heavy atom. The van der Waals surface area contributed by atoms with Crippen molar-refractivity contribution in [1.82, 2.24) is 4.98 Å². The lowest BCUT2D eigenvalue weighted by Crippen LogP contribution is -2.14. The highest BCUT2D eigenvalue weighted by Crippen LogP contribution is 2.18. The van der Waals surface area contributed by atoms with E-state index in [-0.39, 0.29) is 18.3 Å². The first-order valence-corrected chi connectivity index (χ1v) is 5.68. The van der Waals surface area contributed by atoms with Crippen LogP contribution in [0.1, 0.15) is 11.5 Å². The lowest BCUT2D eigenvalue weighted by molar-refractivity contribution is 0.204. The first-order chi connectivity index (χ1) is 8.79. The van der Waals surface area contributed by atoms with E-state index in [9.17, 15) is 9.50 Å². The maximum absolute atomic E-state index is 12.8. The van der Waals surface area contributed by atoms with Crippen molar-refractivity contribution >= 4 is 0 Å². The highest BCUT2D eigenvalue weighted by atomic mass is 19.1. The van der Waals surface area contributed by atoms with Crippen molar-refractivity contribution in [2.45, 2.75) is 5.92 Å². The van der Waals surface area contributed by atoms with Crippen molar-refractivity contribution in [3.05, 3.63) is 60.2 Å². The third-order valence-electron chi connectivity index (χ3n) is 2.65. The van der Waals surface area contributed by atoms with E-state index in [1.807, 2.05) is 0 Å². The molecule has 0 amide bonds. The summed E-state index contributed by atoms with van der Waals surface area (Å²) < 4.78 is 18.3. The van der Waals surface area contributed by atoms with Gasteiger partial charge >= 0.3 is 0 Å². The predicted molar refractivity (Wildman–Crippen MR) is 66.0 cm³/mol. The van der Waals surface area contributed by atoms with Crippen LogP contribution in [0.2, 0.25) is 0 Å². The number of rotatable bonds is 5. The molecule has 2 aromatic rings. The summed E-state index contributed by atoms with van der Waals surface area (Å²) >= 11 is 0. The molecule has 0 saturated heterocycles. The summed E-state index contributed by atoms with van der Waals surface area (Å²) in [7, 11) is 0. The molecule has 0 aliphatic heterocycles. The van der Waals surface area contributed by atoms with Gasteiger partial charge in [-0.05, 0) is 29.8 Å². The standard InChI is InChI=1S/C14H14FNO2/c15-13-5-3-11(4-6-13)12(9-17)10-18-14-2-1-7-16-8-14/h1-8,12,17H,9-10H2. The Balaban J connectivity index is 1.99. The number of nitrogens with zero attached hydrogens (tertiary/aromatic N) is 1. The molecular weight excluding hydrogens is 233 g/mol. The summed E-state index contributed by atoms with van der Waals surface area (Å²) in [6, 6.07) is 9.64. The zero-order valence-electron chi connectivity index (χ0n) is 9.79. The quantitative estimate of drug-likeness (QED) is 0.882. The highest BCUT2D eigenvalue weighted by molar-refractivity contribution is 5.21. The number of aliphatic hydroxyl groups is 1. The van der Waals surface area contributed by atoms with Gasteiger partial charge in [0.15, 0.2) is 0 Å². The molecule has 3 nitrogen and oxygen atoms in total. The topological polar surface area (TPSA) is 42.4 Å². The van der Waals surface area contributed by atoms with Gasteiger partial charge in [-0.1, -0.05) is 12.1 Å². The molecule has 0 spiro atoms. The van der Waals surface area contributed by atoms with E-state index in [2.05, 4.69) is 4.98 Å². The van der Waals surface area contributed by atoms with Gasteiger partial charge in [0.2, 0.25) is 0 Å². The number of hydrogen-bond donors (Lipinski definition) is 1. The van der Waals surface area contributed by atoms with Crippen LogP contribution in [-0.2, 0) is 0 Å². The van der Waals surface area contributed by atoms with Gasteiger partial charge in [0.05, 0.1) is 19.4 Å². The molecule has 0 aliphatic rings. The summed E-state index contributed by atoms with van der Waals surface area (Å²) in [5, 5.41) is 9.34. The molecule has 1 heterocycles. The van der Waals surface area contributed by atoms with E-state index in [0.29, 0.717) is 12.4 Å². The maximum Gasteiger partial charge on any atom is 0.137 e. The van der Waals surface area contributed by atoms with Crippen LogP contribution in [0, 0.1) is 5.82 Å². The van der Waals surface area contributed by atoms with E-state index < -0.39 is 0 Å². The van der Waals surface area contributed by atoms with Crippen LogP contribution in [0.15, 0.2) is 48.8 Å². The molecule has 18 heavy (non-hydrogen) atoms. The Hall–Kier alpha value is -1.94. The number of ether oxygens (including phenoxy) is 1. The molecule has 4 heteroatoms. The van der Waals surface area contributed by atoms with Gasteiger partial charge in [0.1, 0.15) is 11.6 Å². The molecule has 1 N–H and O–H groups in total. The summed E-state index contributed by atoms with van der Waals surface area (Å²) in [6.07, 6.45) is 3.27. The fourth-order valence-electron chi connectivity index (χ4n) is 1.62. The lowest BCUT2D eigenvalue weighted by atomic mass is 10.0. The van der Waals surface area contributed by atoms with E-state index >= 15 is 0 Å². The highest BCUT2D eigenvalue weighted by Gasteiger charge is 2.11. The van der Waals surface area contributed by atoms with Crippen molar-refractivity contribution in [3.63, 3.8) is 0 Å². The predicted octanol–water partition coefficient (Wildman–Crippen LogP) is 2.38. The smallest absolute Gasteiger partial charge is 0.137 e. The van der Waals surface area contributed by atoms with E-state index in [0.717, 1.165) is 5.56 Å². The average molecular weight is 247 g/mol. The number of aliphatic hydroxyl groups excluding tert-OH is 1. The Morgan fingerprint density at radius 2 is 2.00 bits per heavy atom. The van der Waals surface area contributed by atoms with Crippen LogP contribution in [0.5, 0.6) is 5.75 Å². The minimum Gasteiger partial charge on any atom is -0.491 e. The Labute approximate surface area is 105 Å². The third-order valence-corrected chi connectivity index (χ3v) is 2.65. The number of pyridine rings is 1. The van der Waals surface area contributed by atoms with Crippen molar-refractivity contribution in [1.29, 1.82) is 0 Å². The third kappa shape index (κ3) is 3.28. The molecule has 2 rings (SSSR count). The molecule has 0 aliphatic carbocycles. The maximum atomic E-state index is 12.8. The number of hydrogen-bond acceptors (Lipinski definition) is 3. The molecule has 0 radical (unpaired) electrons. The van der Waals surface area contributed by atoms with Crippen LogP contribution in [0.3, 0.4) is 0 Å². The summed E-state index contributed by atoms with van der Waals surface area (Å²) in [6.45, 7) is 0.278. The first kappa shape index (κ1) is 12.5. The monoisotopic (exact) mass is 247 g/mol. The van der Waals surface area contributed by atoms with Gasteiger partial charge in [-0.25, -0.2) is 4.39 Å². The first-order valence-electron chi connectivity index (χ1n) is 5.68. The van der Waals surface area contributed by atoms with Crippen molar-refractivity contribution in [2.24, 2.45) is 0 Å². The normalized spacial score (nSPS) is 12.1. The second-order valence-electron chi connectivity index (χ2n) is 3.93. The van der Waals surface area contributed by atoms with Crippen molar-refractivity contribution in [2.75, 3.05) is 13.2 Å². The fourth-order valence-corrected chi connectivity index (χ4v) is 1.62. The summed E-state index contributed by atoms with van der Waals surface area (Å²) in [5.74, 6) is 0.187. The Morgan fingerprint density at radius 3 is 2.61 bits per heavy atom. The molecule has 0 bridgehead atoms. The van der Waals surface area contributed by atoms with E-state index in [1.54, 1.807) is 36.7 Å². The zero-order chi connectivity index (χ0) is 12.8. The average Bonchev–Trinajstić information content (AvgIpc) is 2.42. The SMILES string of the molecule is OCC(COc1cccnc1)c1ccc(F)cc1. The molecular formula is C14H14FNO2. The van der Waals surface area contributed by atoms with Crippen LogP contribution in [0.25, 0.3) is 0 Å². The van der Waals surface area contributed by atoms with Gasteiger partial charge in [0.25, 0.3) is 0 Å². The fraction of sp³-hybridized carbons (Fsp3) is 0.214. The van der Waals surface area contributed by atoms with Crippen LogP contribution < -0.4 is 4.74 Å². The number of aromatic nitrogens is 1. The lowest BCUT2D eigenvalue weighted by Gasteiger charge is -2.15. The molecule has 0 fully saturated rings. The van der Waals surface area contributed by atoms with Crippen molar-refractivity contribution in [3.8, 4) is 5.75 Å². The molecule has 1 unspecified atom stereocenters. The second-order valence-corrected chi connectivity index (χ2v) is 3.93. The Kier molecular flexibility index (Phi) is 4.25. The van der Waals surface area contributed by atoms with Gasteiger partial charge in [-0.15, -0.1) is 0 Å². The molecule has 0 saturated carbocycles. The zero-order valence-corrected chi connectivity index (χ0v) is 9.79. The second kappa shape index (κ2) is 6.12. The van der Waals surface area contributed by atoms with Gasteiger partial charge in [0, 0.05) is 12.1 Å². The van der Waals surface area contributed by atoms with Gasteiger partial charge < -0.3 is 9.84 Å². The van der Waals surface area contributed by atoms with Gasteiger partial charge in [-0.3, -0.25) is 4.98 Å². The van der Waals surface area contributed by atoms with E-state index in [1.165, 1.54) is 12.1 Å². The molecule has 1 aromatic carbocycles. The molecule has 1 atom stereocenters. The largest absolute Gasteiger partial charge is 0.491 e. The minimum absolute atomic E-state index is 0.0497. The number of halogens is 1.